The van der Waals surface area contributed by atoms with Gasteiger partial charge in [-0.25, -0.2) is 0 Å². The minimum absolute atomic E-state index is 0.0253. The predicted octanol–water partition coefficient (Wildman–Crippen LogP) is 3.06. The molecule has 0 bridgehead atoms. The highest BCUT2D eigenvalue weighted by Crippen LogP contribution is 2.34. The van der Waals surface area contributed by atoms with E-state index in [1.54, 1.807) is 23.9 Å². The summed E-state index contributed by atoms with van der Waals surface area (Å²) in [4.78, 5) is 27.0. The number of ether oxygens (including phenoxy) is 1. The number of carbonyl (C=O) groups excluding carboxylic acids is 2. The van der Waals surface area contributed by atoms with Gasteiger partial charge in [0.05, 0.1) is 22.9 Å². The molecule has 0 radical (unpaired) electrons. The second-order valence-corrected chi connectivity index (χ2v) is 7.70. The molecule has 2 N–H and O–H groups in total. The van der Waals surface area contributed by atoms with Gasteiger partial charge in [0.15, 0.2) is 5.82 Å². The molecule has 0 saturated carbocycles. The summed E-state index contributed by atoms with van der Waals surface area (Å²) in [5.41, 5.74) is 1.42. The predicted molar refractivity (Wildman–Crippen MR) is 114 cm³/mol. The standard InChI is InChI=1S/C22H24N4O4/c1-13(2)30-18-9-5-8-17-20(18)21(24-25(17)3)23-22(29)14-10-19(28)26(12-14)15-6-4-7-16(27)11-15/h4-9,11,13-14,27H,10,12H2,1-3H3,(H,23,24,29)/t14-/m0/s1. The maximum atomic E-state index is 13.0. The van der Waals surface area contributed by atoms with E-state index in [-0.39, 0.29) is 36.6 Å². The summed E-state index contributed by atoms with van der Waals surface area (Å²) < 4.78 is 7.59. The van der Waals surface area contributed by atoms with Crippen LogP contribution < -0.4 is 15.0 Å². The number of nitrogens with one attached hydrogen (secondary N) is 1. The molecule has 1 fully saturated rings. The fourth-order valence-corrected chi connectivity index (χ4v) is 3.73. The van der Waals surface area contributed by atoms with Crippen molar-refractivity contribution >= 4 is 34.2 Å². The molecule has 30 heavy (non-hydrogen) atoms. The molecule has 2 aromatic carbocycles. The number of aromatic nitrogens is 2. The molecule has 3 aromatic rings. The topological polar surface area (TPSA) is 96.7 Å². The average Bonchev–Trinajstić information content (AvgIpc) is 3.22. The van der Waals surface area contributed by atoms with E-state index in [2.05, 4.69) is 10.4 Å². The highest BCUT2D eigenvalue weighted by molar-refractivity contribution is 6.07. The fourth-order valence-electron chi connectivity index (χ4n) is 3.73. The minimum Gasteiger partial charge on any atom is -0.508 e. The number of phenolic OH excluding ortho intramolecular Hbond substituents is 1. The van der Waals surface area contributed by atoms with Crippen molar-refractivity contribution in [1.82, 2.24) is 9.78 Å². The van der Waals surface area contributed by atoms with E-state index in [4.69, 9.17) is 4.74 Å². The third kappa shape index (κ3) is 3.68. The zero-order valence-corrected chi connectivity index (χ0v) is 17.1. The third-order valence-electron chi connectivity index (χ3n) is 5.08. The Morgan fingerprint density at radius 1 is 1.27 bits per heavy atom. The van der Waals surface area contributed by atoms with Gasteiger partial charge < -0.3 is 20.1 Å². The van der Waals surface area contributed by atoms with Gasteiger partial charge in [0.1, 0.15) is 11.5 Å². The lowest BCUT2D eigenvalue weighted by molar-refractivity contribution is -0.122. The van der Waals surface area contributed by atoms with E-state index in [0.717, 1.165) is 10.9 Å². The van der Waals surface area contributed by atoms with Crippen molar-refractivity contribution in [3.8, 4) is 11.5 Å². The van der Waals surface area contributed by atoms with Crippen LogP contribution in [0.15, 0.2) is 42.5 Å². The van der Waals surface area contributed by atoms with Crippen molar-refractivity contribution in [1.29, 1.82) is 0 Å². The number of aryl methyl sites for hydroxylation is 1. The number of anilines is 2. The van der Waals surface area contributed by atoms with Crippen LogP contribution in [-0.4, -0.2) is 39.4 Å². The molecule has 1 aliphatic rings. The second-order valence-electron chi connectivity index (χ2n) is 7.70. The third-order valence-corrected chi connectivity index (χ3v) is 5.08. The number of carbonyl (C=O) groups is 2. The summed E-state index contributed by atoms with van der Waals surface area (Å²) in [6.07, 6.45) is 0.0735. The van der Waals surface area contributed by atoms with Crippen molar-refractivity contribution in [3.05, 3.63) is 42.5 Å². The van der Waals surface area contributed by atoms with E-state index < -0.39 is 5.92 Å². The van der Waals surface area contributed by atoms with Crippen LogP contribution in [0.2, 0.25) is 0 Å². The Labute approximate surface area is 174 Å². The Bertz CT molecular complexity index is 1120. The summed E-state index contributed by atoms with van der Waals surface area (Å²) in [7, 11) is 1.81. The van der Waals surface area contributed by atoms with E-state index in [9.17, 15) is 14.7 Å². The molecule has 2 amide bonds. The summed E-state index contributed by atoms with van der Waals surface area (Å²) in [5, 5.41) is 17.7. The van der Waals surface area contributed by atoms with Gasteiger partial charge in [-0.1, -0.05) is 12.1 Å². The lowest BCUT2D eigenvalue weighted by Gasteiger charge is -2.17. The normalized spacial score (nSPS) is 16.5. The Hall–Kier alpha value is -3.55. The first-order valence-corrected chi connectivity index (χ1v) is 9.86. The van der Waals surface area contributed by atoms with Crippen LogP contribution in [0, 0.1) is 5.92 Å². The largest absolute Gasteiger partial charge is 0.508 e. The first kappa shape index (κ1) is 19.8. The maximum absolute atomic E-state index is 13.0. The molecule has 1 aliphatic heterocycles. The van der Waals surface area contributed by atoms with Crippen LogP contribution in [0.25, 0.3) is 10.9 Å². The average molecular weight is 408 g/mol. The first-order chi connectivity index (χ1) is 14.3. The molecule has 2 heterocycles. The second kappa shape index (κ2) is 7.70. The monoisotopic (exact) mass is 408 g/mol. The Morgan fingerprint density at radius 3 is 2.77 bits per heavy atom. The Kier molecular flexibility index (Phi) is 5.07. The summed E-state index contributed by atoms with van der Waals surface area (Å²) >= 11 is 0. The van der Waals surface area contributed by atoms with Crippen molar-refractivity contribution in [3.63, 3.8) is 0 Å². The Balaban J connectivity index is 1.57. The smallest absolute Gasteiger partial charge is 0.231 e. The number of benzene rings is 2. The van der Waals surface area contributed by atoms with Crippen LogP contribution in [0.1, 0.15) is 20.3 Å². The SMILES string of the molecule is CC(C)Oc1cccc2c1c(NC(=O)[C@H]1CC(=O)N(c3cccc(O)c3)C1)nn2C. The zero-order chi connectivity index (χ0) is 21.4. The lowest BCUT2D eigenvalue weighted by Crippen LogP contribution is -2.28. The summed E-state index contributed by atoms with van der Waals surface area (Å²) in [6, 6.07) is 12.1. The van der Waals surface area contributed by atoms with Crippen LogP contribution in [0.5, 0.6) is 11.5 Å². The fraction of sp³-hybridized carbons (Fsp3) is 0.318. The molecule has 8 nitrogen and oxygen atoms in total. The molecule has 8 heteroatoms. The maximum Gasteiger partial charge on any atom is 0.231 e. The number of amides is 2. The van der Waals surface area contributed by atoms with Crippen molar-refractivity contribution in [2.45, 2.75) is 26.4 Å². The first-order valence-electron chi connectivity index (χ1n) is 9.86. The number of phenols is 1. The molecule has 1 saturated heterocycles. The molecular formula is C22H24N4O4. The van der Waals surface area contributed by atoms with Gasteiger partial charge in [-0.05, 0) is 38.1 Å². The number of nitrogens with zero attached hydrogens (tertiary/aromatic N) is 3. The number of fused-ring (bicyclic) bond motifs is 1. The van der Waals surface area contributed by atoms with E-state index in [1.165, 1.54) is 17.0 Å². The van der Waals surface area contributed by atoms with Crippen LogP contribution in [-0.2, 0) is 16.6 Å². The van der Waals surface area contributed by atoms with Gasteiger partial charge in [-0.3, -0.25) is 14.3 Å². The van der Waals surface area contributed by atoms with Crippen molar-refractivity contribution in [2.24, 2.45) is 13.0 Å². The molecule has 0 aliphatic carbocycles. The van der Waals surface area contributed by atoms with Gasteiger partial charge in [-0.15, -0.1) is 0 Å². The van der Waals surface area contributed by atoms with Gasteiger partial charge in [0, 0.05) is 31.8 Å². The Morgan fingerprint density at radius 2 is 2.03 bits per heavy atom. The number of rotatable bonds is 5. The van der Waals surface area contributed by atoms with Gasteiger partial charge in [0.25, 0.3) is 0 Å². The molecule has 1 atom stereocenters. The van der Waals surface area contributed by atoms with Crippen LogP contribution in [0.3, 0.4) is 0 Å². The molecule has 4 rings (SSSR count). The minimum atomic E-state index is -0.518. The van der Waals surface area contributed by atoms with E-state index in [0.29, 0.717) is 17.3 Å². The number of aromatic hydroxyl groups is 1. The van der Waals surface area contributed by atoms with Crippen molar-refractivity contribution in [2.75, 3.05) is 16.8 Å². The molecule has 1 aromatic heterocycles. The lowest BCUT2D eigenvalue weighted by atomic mass is 10.1. The van der Waals surface area contributed by atoms with E-state index >= 15 is 0 Å². The molecule has 0 unspecified atom stereocenters. The van der Waals surface area contributed by atoms with Crippen molar-refractivity contribution < 1.29 is 19.4 Å². The highest BCUT2D eigenvalue weighted by Gasteiger charge is 2.36. The van der Waals surface area contributed by atoms with Crippen LogP contribution >= 0.6 is 0 Å². The van der Waals surface area contributed by atoms with E-state index in [1.807, 2.05) is 32.0 Å². The molecule has 156 valence electrons. The van der Waals surface area contributed by atoms with Gasteiger partial charge in [-0.2, -0.15) is 5.10 Å². The number of hydrogen-bond donors (Lipinski definition) is 2. The number of hydrogen-bond acceptors (Lipinski definition) is 5. The van der Waals surface area contributed by atoms with Gasteiger partial charge in [0.2, 0.25) is 11.8 Å². The molecular weight excluding hydrogens is 384 g/mol. The highest BCUT2D eigenvalue weighted by atomic mass is 16.5. The van der Waals surface area contributed by atoms with Crippen LogP contribution in [0.4, 0.5) is 11.5 Å². The summed E-state index contributed by atoms with van der Waals surface area (Å²) in [6.45, 7) is 4.12. The van der Waals surface area contributed by atoms with Gasteiger partial charge >= 0.3 is 0 Å². The summed E-state index contributed by atoms with van der Waals surface area (Å²) in [5.74, 6) is 0.188. The zero-order valence-electron chi connectivity index (χ0n) is 17.1. The molecule has 0 spiro atoms. The quantitative estimate of drug-likeness (QED) is 0.676.